The van der Waals surface area contributed by atoms with Crippen LogP contribution >= 0.6 is 0 Å². The normalized spacial score (nSPS) is 14.3. The molecule has 6 nitrogen and oxygen atoms in total. The summed E-state index contributed by atoms with van der Waals surface area (Å²) in [6, 6.07) is 10.6. The van der Waals surface area contributed by atoms with Crippen LogP contribution in [0.25, 0.3) is 10.9 Å². The van der Waals surface area contributed by atoms with Gasteiger partial charge in [0.2, 0.25) is 0 Å². The maximum absolute atomic E-state index is 13.9. The Labute approximate surface area is 165 Å². The molecule has 2 heterocycles. The lowest BCUT2D eigenvalue weighted by Crippen LogP contribution is -2.51. The lowest BCUT2D eigenvalue weighted by atomic mass is 10.1. The summed E-state index contributed by atoms with van der Waals surface area (Å²) in [6.07, 6.45) is 0. The average Bonchev–Trinajstić information content (AvgIpc) is 3.16. The van der Waals surface area contributed by atoms with E-state index >= 15 is 0 Å². The third kappa shape index (κ3) is 3.53. The summed E-state index contributed by atoms with van der Waals surface area (Å²) in [7, 11) is 1.58. The number of hydrogen-bond acceptors (Lipinski definition) is 3. The second kappa shape index (κ2) is 7.54. The highest BCUT2D eigenvalue weighted by Gasteiger charge is 2.29. The second-order valence-electron chi connectivity index (χ2n) is 6.82. The Morgan fingerprint density at radius 2 is 1.55 bits per heavy atom. The lowest BCUT2D eigenvalue weighted by molar-refractivity contribution is 0.0527. The quantitative estimate of drug-likeness (QED) is 0.736. The first-order valence-electron chi connectivity index (χ1n) is 9.17. The van der Waals surface area contributed by atoms with Crippen molar-refractivity contribution in [2.75, 3.05) is 33.3 Å². The van der Waals surface area contributed by atoms with E-state index in [1.54, 1.807) is 24.1 Å². The predicted octanol–water partition coefficient (Wildman–Crippen LogP) is 3.05. The van der Waals surface area contributed by atoms with Crippen LogP contribution in [0, 0.1) is 11.6 Å². The second-order valence-corrected chi connectivity index (χ2v) is 6.82. The molecule has 3 aromatic rings. The zero-order valence-electron chi connectivity index (χ0n) is 15.7. The number of H-pyrrole nitrogens is 1. The van der Waals surface area contributed by atoms with Crippen LogP contribution in [0.15, 0.2) is 42.5 Å². The van der Waals surface area contributed by atoms with Gasteiger partial charge in [-0.05, 0) is 36.4 Å². The SMILES string of the molecule is COc1ccc2[nH]c(C(=O)N3CCN(C(=O)c4c(F)cccc4F)CC3)cc2c1. The number of carbonyl (C=O) groups excluding carboxylic acids is 2. The molecule has 1 fully saturated rings. The third-order valence-electron chi connectivity index (χ3n) is 5.09. The van der Waals surface area contributed by atoms with Gasteiger partial charge in [-0.3, -0.25) is 9.59 Å². The standard InChI is InChI=1S/C21H19F2N3O3/c1-29-14-5-6-17-13(11-14)12-18(24-17)20(27)25-7-9-26(10-8-25)21(28)19-15(22)3-2-4-16(19)23/h2-6,11-12,24H,7-10H2,1H3. The number of aromatic amines is 1. The Balaban J connectivity index is 1.45. The van der Waals surface area contributed by atoms with Crippen LogP contribution in [0.3, 0.4) is 0 Å². The van der Waals surface area contributed by atoms with Crippen LogP contribution in [0.1, 0.15) is 20.8 Å². The van der Waals surface area contributed by atoms with Gasteiger partial charge in [-0.15, -0.1) is 0 Å². The largest absolute Gasteiger partial charge is 0.497 e. The molecule has 1 aromatic heterocycles. The van der Waals surface area contributed by atoms with Gasteiger partial charge < -0.3 is 19.5 Å². The molecule has 150 valence electrons. The van der Waals surface area contributed by atoms with E-state index < -0.39 is 23.1 Å². The molecule has 8 heteroatoms. The zero-order valence-corrected chi connectivity index (χ0v) is 15.7. The van der Waals surface area contributed by atoms with Gasteiger partial charge in [0.25, 0.3) is 11.8 Å². The number of amides is 2. The number of hydrogen-bond donors (Lipinski definition) is 1. The van der Waals surface area contributed by atoms with Crippen LogP contribution in [0.2, 0.25) is 0 Å². The molecule has 4 rings (SSSR count). The first-order chi connectivity index (χ1) is 14.0. The van der Waals surface area contributed by atoms with E-state index in [2.05, 4.69) is 4.98 Å². The summed E-state index contributed by atoms with van der Waals surface area (Å²) in [5.74, 6) is -1.97. The number of piperazine rings is 1. The molecule has 1 N–H and O–H groups in total. The number of halogens is 2. The van der Waals surface area contributed by atoms with Crippen molar-refractivity contribution in [2.24, 2.45) is 0 Å². The number of nitrogens with zero attached hydrogens (tertiary/aromatic N) is 2. The Morgan fingerprint density at radius 1 is 0.931 bits per heavy atom. The molecule has 2 aromatic carbocycles. The van der Waals surface area contributed by atoms with E-state index in [9.17, 15) is 18.4 Å². The van der Waals surface area contributed by atoms with E-state index in [-0.39, 0.29) is 32.1 Å². The summed E-state index contributed by atoms with van der Waals surface area (Å²) in [5, 5.41) is 0.858. The van der Waals surface area contributed by atoms with Crippen LogP contribution in [-0.4, -0.2) is 59.9 Å². The third-order valence-corrected chi connectivity index (χ3v) is 5.09. The van der Waals surface area contributed by atoms with E-state index in [1.165, 1.54) is 11.0 Å². The number of methoxy groups -OCH3 is 1. The fraction of sp³-hybridized carbons (Fsp3) is 0.238. The highest BCUT2D eigenvalue weighted by atomic mass is 19.1. The van der Waals surface area contributed by atoms with E-state index in [1.807, 2.05) is 12.1 Å². The Kier molecular flexibility index (Phi) is 4.92. The summed E-state index contributed by atoms with van der Waals surface area (Å²) < 4.78 is 32.9. The minimum atomic E-state index is -0.887. The van der Waals surface area contributed by atoms with Crippen molar-refractivity contribution in [1.82, 2.24) is 14.8 Å². The van der Waals surface area contributed by atoms with Crippen molar-refractivity contribution in [2.45, 2.75) is 0 Å². The molecule has 1 aliphatic heterocycles. The van der Waals surface area contributed by atoms with Crippen molar-refractivity contribution in [1.29, 1.82) is 0 Å². The van der Waals surface area contributed by atoms with Gasteiger partial charge >= 0.3 is 0 Å². The Bertz CT molecular complexity index is 1070. The number of benzene rings is 2. The minimum absolute atomic E-state index is 0.190. The molecule has 0 spiro atoms. The monoisotopic (exact) mass is 399 g/mol. The number of carbonyl (C=O) groups is 2. The highest BCUT2D eigenvalue weighted by Crippen LogP contribution is 2.23. The number of nitrogens with one attached hydrogen (secondary N) is 1. The maximum atomic E-state index is 13.9. The Hall–Kier alpha value is -3.42. The smallest absolute Gasteiger partial charge is 0.270 e. The van der Waals surface area contributed by atoms with Crippen LogP contribution in [0.5, 0.6) is 5.75 Å². The summed E-state index contributed by atoms with van der Waals surface area (Å²) in [4.78, 5) is 31.4. The molecule has 29 heavy (non-hydrogen) atoms. The van der Waals surface area contributed by atoms with Gasteiger partial charge in [0.05, 0.1) is 7.11 Å². The Morgan fingerprint density at radius 3 is 2.17 bits per heavy atom. The number of aromatic nitrogens is 1. The van der Waals surface area contributed by atoms with Gasteiger partial charge in [0.1, 0.15) is 28.6 Å². The zero-order chi connectivity index (χ0) is 20.5. The van der Waals surface area contributed by atoms with Crippen molar-refractivity contribution in [3.63, 3.8) is 0 Å². The molecular formula is C21H19F2N3O3. The van der Waals surface area contributed by atoms with E-state index in [4.69, 9.17) is 4.74 Å². The van der Waals surface area contributed by atoms with Gasteiger partial charge in [0, 0.05) is 37.1 Å². The average molecular weight is 399 g/mol. The van der Waals surface area contributed by atoms with Gasteiger partial charge in [-0.25, -0.2) is 8.78 Å². The van der Waals surface area contributed by atoms with Crippen molar-refractivity contribution in [3.05, 3.63) is 65.4 Å². The molecule has 0 radical (unpaired) electrons. The predicted molar refractivity (Wildman–Crippen MR) is 103 cm³/mol. The molecule has 0 saturated carbocycles. The first kappa shape index (κ1) is 18.9. The number of rotatable bonds is 3. The van der Waals surface area contributed by atoms with Crippen LogP contribution in [0.4, 0.5) is 8.78 Å². The molecule has 1 saturated heterocycles. The summed E-state index contributed by atoms with van der Waals surface area (Å²) in [5.41, 5.74) is 0.697. The molecule has 0 atom stereocenters. The highest BCUT2D eigenvalue weighted by molar-refractivity contribution is 5.99. The van der Waals surface area contributed by atoms with Gasteiger partial charge in [0.15, 0.2) is 0 Å². The van der Waals surface area contributed by atoms with Gasteiger partial charge in [-0.1, -0.05) is 6.07 Å². The first-order valence-corrected chi connectivity index (χ1v) is 9.17. The van der Waals surface area contributed by atoms with Crippen molar-refractivity contribution in [3.8, 4) is 5.75 Å². The van der Waals surface area contributed by atoms with E-state index in [0.29, 0.717) is 11.4 Å². The van der Waals surface area contributed by atoms with Gasteiger partial charge in [-0.2, -0.15) is 0 Å². The topological polar surface area (TPSA) is 65.6 Å². The van der Waals surface area contributed by atoms with Crippen LogP contribution < -0.4 is 4.74 Å². The summed E-state index contributed by atoms with van der Waals surface area (Å²) >= 11 is 0. The lowest BCUT2D eigenvalue weighted by Gasteiger charge is -2.34. The number of ether oxygens (including phenoxy) is 1. The van der Waals surface area contributed by atoms with Crippen LogP contribution in [-0.2, 0) is 0 Å². The maximum Gasteiger partial charge on any atom is 0.270 e. The number of fused-ring (bicyclic) bond motifs is 1. The minimum Gasteiger partial charge on any atom is -0.497 e. The van der Waals surface area contributed by atoms with Crippen molar-refractivity contribution < 1.29 is 23.1 Å². The summed E-state index contributed by atoms with van der Waals surface area (Å²) in [6.45, 7) is 0.956. The molecule has 2 amide bonds. The van der Waals surface area contributed by atoms with Crippen molar-refractivity contribution >= 4 is 22.7 Å². The molecule has 1 aliphatic rings. The molecule has 0 unspecified atom stereocenters. The molecular weight excluding hydrogens is 380 g/mol. The fourth-order valence-electron chi connectivity index (χ4n) is 3.50. The molecule has 0 bridgehead atoms. The van der Waals surface area contributed by atoms with E-state index in [0.717, 1.165) is 23.0 Å². The fourth-order valence-corrected chi connectivity index (χ4v) is 3.50. The molecule has 0 aliphatic carbocycles.